The summed E-state index contributed by atoms with van der Waals surface area (Å²) >= 11 is 0. The summed E-state index contributed by atoms with van der Waals surface area (Å²) in [4.78, 5) is 11.9. The molecule has 1 aromatic rings. The van der Waals surface area contributed by atoms with Crippen LogP contribution < -0.4 is 5.32 Å². The summed E-state index contributed by atoms with van der Waals surface area (Å²) in [5.41, 5.74) is 0.991. The number of sulfonamides is 1. The lowest BCUT2D eigenvalue weighted by atomic mass is 10.2. The predicted molar refractivity (Wildman–Crippen MR) is 83.5 cm³/mol. The Labute approximate surface area is 127 Å². The van der Waals surface area contributed by atoms with Crippen molar-refractivity contribution in [2.75, 3.05) is 20.1 Å². The third-order valence-corrected chi connectivity index (χ3v) is 5.02. The Kier molecular flexibility index (Phi) is 6.84. The Morgan fingerprint density at radius 3 is 2.38 bits per heavy atom. The number of amides is 1. The van der Waals surface area contributed by atoms with Crippen LogP contribution in [0.1, 0.15) is 31.7 Å². The van der Waals surface area contributed by atoms with Crippen molar-refractivity contribution < 1.29 is 13.2 Å². The molecular formula is C15H24N2O3S. The quantitative estimate of drug-likeness (QED) is 0.746. The second kappa shape index (κ2) is 8.14. The number of hydrogen-bond acceptors (Lipinski definition) is 3. The van der Waals surface area contributed by atoms with Gasteiger partial charge in [0.2, 0.25) is 15.9 Å². The molecule has 21 heavy (non-hydrogen) atoms. The molecule has 1 N–H and O–H groups in total. The molecule has 0 aliphatic heterocycles. The molecule has 1 aromatic carbocycles. The van der Waals surface area contributed by atoms with E-state index in [9.17, 15) is 13.2 Å². The summed E-state index contributed by atoms with van der Waals surface area (Å²) in [6, 6.07) is 6.59. The number of aryl methyl sites for hydroxylation is 1. The molecule has 0 radical (unpaired) electrons. The lowest BCUT2D eigenvalue weighted by Crippen LogP contribution is -2.38. The molecular weight excluding hydrogens is 288 g/mol. The number of carbonyl (C=O) groups is 1. The van der Waals surface area contributed by atoms with Gasteiger partial charge in [-0.2, -0.15) is 4.31 Å². The summed E-state index contributed by atoms with van der Waals surface area (Å²) in [5, 5.41) is 2.74. The number of rotatable bonds is 8. The minimum Gasteiger partial charge on any atom is -0.355 e. The molecule has 0 saturated heterocycles. The molecule has 0 spiro atoms. The molecule has 1 amide bonds. The van der Waals surface area contributed by atoms with Crippen LogP contribution in [0, 0.1) is 6.92 Å². The SMILES string of the molecule is CCCCCNC(=O)CN(C)S(=O)(=O)c1ccc(C)cc1. The number of nitrogens with zero attached hydrogens (tertiary/aromatic N) is 1. The molecule has 0 aliphatic rings. The molecule has 0 fully saturated rings. The van der Waals surface area contributed by atoms with E-state index in [1.165, 1.54) is 7.05 Å². The molecule has 0 saturated carbocycles. The minimum atomic E-state index is -3.61. The average Bonchev–Trinajstić information content (AvgIpc) is 2.44. The van der Waals surface area contributed by atoms with Gasteiger partial charge >= 0.3 is 0 Å². The highest BCUT2D eigenvalue weighted by Gasteiger charge is 2.22. The zero-order chi connectivity index (χ0) is 15.9. The second-order valence-corrected chi connectivity index (χ2v) is 7.18. The van der Waals surface area contributed by atoms with E-state index >= 15 is 0 Å². The van der Waals surface area contributed by atoms with Crippen molar-refractivity contribution in [1.82, 2.24) is 9.62 Å². The Hall–Kier alpha value is -1.40. The van der Waals surface area contributed by atoms with Crippen LogP contribution in [0.4, 0.5) is 0 Å². The van der Waals surface area contributed by atoms with E-state index in [1.54, 1.807) is 24.3 Å². The van der Waals surface area contributed by atoms with Crippen molar-refractivity contribution in [3.63, 3.8) is 0 Å². The molecule has 0 bridgehead atoms. The van der Waals surface area contributed by atoms with Crippen LogP contribution in [-0.4, -0.2) is 38.8 Å². The van der Waals surface area contributed by atoms with Crippen LogP contribution in [0.15, 0.2) is 29.2 Å². The van der Waals surface area contributed by atoms with Gasteiger partial charge in [-0.1, -0.05) is 37.5 Å². The summed E-state index contributed by atoms with van der Waals surface area (Å²) in [6.45, 7) is 4.40. The van der Waals surface area contributed by atoms with Gasteiger partial charge in [0.25, 0.3) is 0 Å². The van der Waals surface area contributed by atoms with Gasteiger partial charge in [0.15, 0.2) is 0 Å². The van der Waals surface area contributed by atoms with Crippen molar-refractivity contribution in [2.24, 2.45) is 0 Å². The number of hydrogen-bond donors (Lipinski definition) is 1. The van der Waals surface area contributed by atoms with Crippen LogP contribution in [-0.2, 0) is 14.8 Å². The first kappa shape index (κ1) is 17.7. The first-order chi connectivity index (χ1) is 9.87. The van der Waals surface area contributed by atoms with Crippen LogP contribution in [0.25, 0.3) is 0 Å². The van der Waals surface area contributed by atoms with E-state index in [0.717, 1.165) is 29.1 Å². The molecule has 1 rings (SSSR count). The lowest BCUT2D eigenvalue weighted by molar-refractivity contribution is -0.121. The Morgan fingerprint density at radius 1 is 1.19 bits per heavy atom. The molecule has 118 valence electrons. The fraction of sp³-hybridized carbons (Fsp3) is 0.533. The number of nitrogens with one attached hydrogen (secondary N) is 1. The normalized spacial score (nSPS) is 11.6. The predicted octanol–water partition coefficient (Wildman–Crippen LogP) is 1.92. The topological polar surface area (TPSA) is 66.5 Å². The van der Waals surface area contributed by atoms with Crippen LogP contribution in [0.5, 0.6) is 0 Å². The monoisotopic (exact) mass is 312 g/mol. The van der Waals surface area contributed by atoms with Crippen LogP contribution in [0.2, 0.25) is 0 Å². The third kappa shape index (κ3) is 5.47. The largest absolute Gasteiger partial charge is 0.355 e. The molecule has 0 aliphatic carbocycles. The highest BCUT2D eigenvalue weighted by atomic mass is 32.2. The maximum absolute atomic E-state index is 12.3. The smallest absolute Gasteiger partial charge is 0.243 e. The number of unbranched alkanes of at least 4 members (excludes halogenated alkanes) is 2. The molecule has 0 aromatic heterocycles. The number of benzene rings is 1. The lowest BCUT2D eigenvalue weighted by Gasteiger charge is -2.17. The van der Waals surface area contributed by atoms with Gasteiger partial charge in [0.1, 0.15) is 0 Å². The average molecular weight is 312 g/mol. The van der Waals surface area contributed by atoms with Gasteiger partial charge in [0.05, 0.1) is 11.4 Å². The van der Waals surface area contributed by atoms with E-state index in [-0.39, 0.29) is 17.3 Å². The molecule has 0 heterocycles. The fourth-order valence-corrected chi connectivity index (χ4v) is 2.96. The minimum absolute atomic E-state index is 0.164. The summed E-state index contributed by atoms with van der Waals surface area (Å²) in [5.74, 6) is -0.274. The van der Waals surface area contributed by atoms with E-state index < -0.39 is 10.0 Å². The number of carbonyl (C=O) groups excluding carboxylic acids is 1. The van der Waals surface area contributed by atoms with E-state index in [2.05, 4.69) is 12.2 Å². The van der Waals surface area contributed by atoms with Gasteiger partial charge in [-0.3, -0.25) is 4.79 Å². The van der Waals surface area contributed by atoms with Crippen molar-refractivity contribution in [2.45, 2.75) is 38.0 Å². The summed E-state index contributed by atoms with van der Waals surface area (Å²) < 4.78 is 25.7. The molecule has 0 unspecified atom stereocenters. The second-order valence-electron chi connectivity index (χ2n) is 5.13. The molecule has 6 heteroatoms. The van der Waals surface area contributed by atoms with Gasteiger partial charge in [-0.15, -0.1) is 0 Å². The van der Waals surface area contributed by atoms with E-state index in [1.807, 2.05) is 6.92 Å². The van der Waals surface area contributed by atoms with Crippen LogP contribution in [0.3, 0.4) is 0 Å². The summed E-state index contributed by atoms with van der Waals surface area (Å²) in [6.07, 6.45) is 3.05. The van der Waals surface area contributed by atoms with Crippen molar-refractivity contribution in [1.29, 1.82) is 0 Å². The highest BCUT2D eigenvalue weighted by molar-refractivity contribution is 7.89. The Morgan fingerprint density at radius 2 is 1.81 bits per heavy atom. The molecule has 5 nitrogen and oxygen atoms in total. The maximum atomic E-state index is 12.3. The van der Waals surface area contributed by atoms with Gasteiger partial charge in [-0.25, -0.2) is 8.42 Å². The van der Waals surface area contributed by atoms with Crippen molar-refractivity contribution in [3.8, 4) is 0 Å². The molecule has 0 atom stereocenters. The van der Waals surface area contributed by atoms with Crippen molar-refractivity contribution >= 4 is 15.9 Å². The van der Waals surface area contributed by atoms with Gasteiger partial charge < -0.3 is 5.32 Å². The zero-order valence-electron chi connectivity index (χ0n) is 12.9. The number of likely N-dealkylation sites (N-methyl/N-ethyl adjacent to an activating group) is 1. The highest BCUT2D eigenvalue weighted by Crippen LogP contribution is 2.14. The van der Waals surface area contributed by atoms with Gasteiger partial charge in [0, 0.05) is 13.6 Å². The Bertz CT molecular complexity index is 553. The third-order valence-electron chi connectivity index (χ3n) is 3.20. The van der Waals surface area contributed by atoms with Crippen molar-refractivity contribution in [3.05, 3.63) is 29.8 Å². The first-order valence-electron chi connectivity index (χ1n) is 7.17. The van der Waals surface area contributed by atoms with E-state index in [0.29, 0.717) is 6.54 Å². The standard InChI is InChI=1S/C15H24N2O3S/c1-4-5-6-11-16-15(18)12-17(3)21(19,20)14-9-7-13(2)8-10-14/h7-10H,4-6,11-12H2,1-3H3,(H,16,18). The van der Waals surface area contributed by atoms with Gasteiger partial charge in [-0.05, 0) is 25.5 Å². The first-order valence-corrected chi connectivity index (χ1v) is 8.61. The fourth-order valence-electron chi connectivity index (χ4n) is 1.84. The zero-order valence-corrected chi connectivity index (χ0v) is 13.7. The maximum Gasteiger partial charge on any atom is 0.243 e. The Balaban J connectivity index is 2.59. The summed E-state index contributed by atoms with van der Waals surface area (Å²) in [7, 11) is -2.20. The van der Waals surface area contributed by atoms with E-state index in [4.69, 9.17) is 0 Å². The van der Waals surface area contributed by atoms with Crippen LogP contribution >= 0.6 is 0 Å².